The summed E-state index contributed by atoms with van der Waals surface area (Å²) in [6.45, 7) is 2.06. The number of benzene rings is 2. The van der Waals surface area contributed by atoms with Crippen LogP contribution in [0.4, 0.5) is 0 Å². The number of imidazole rings is 2. The molecule has 0 unspecified atom stereocenters. The van der Waals surface area contributed by atoms with E-state index in [0.717, 1.165) is 22.7 Å². The lowest BCUT2D eigenvalue weighted by Crippen LogP contribution is -1.99. The van der Waals surface area contributed by atoms with Crippen LogP contribution in [0.15, 0.2) is 54.6 Å². The van der Waals surface area contributed by atoms with Crippen molar-refractivity contribution >= 4 is 11.3 Å². The highest BCUT2D eigenvalue weighted by molar-refractivity contribution is 5.76. The average Bonchev–Trinajstić information content (AvgIpc) is 3.14. The molecule has 0 spiro atoms. The van der Waals surface area contributed by atoms with Gasteiger partial charge in [-0.05, 0) is 19.1 Å². The number of hydrogen-bond acceptors (Lipinski definition) is 3. The normalized spacial score (nSPS) is 11.0. The first-order valence-electron chi connectivity index (χ1n) is 7.41. The summed E-state index contributed by atoms with van der Waals surface area (Å²) < 4.78 is 7.33. The van der Waals surface area contributed by atoms with Gasteiger partial charge in [-0.2, -0.15) is 4.98 Å². The van der Waals surface area contributed by atoms with Crippen LogP contribution in [0.25, 0.3) is 28.4 Å². The second-order valence-electron chi connectivity index (χ2n) is 5.39. The fraction of sp³-hybridized carbons (Fsp3) is 0.111. The molecule has 0 atom stereocenters. The van der Waals surface area contributed by atoms with Gasteiger partial charge in [0.1, 0.15) is 5.82 Å². The first kappa shape index (κ1) is 13.6. The second-order valence-corrected chi connectivity index (χ2v) is 5.39. The van der Waals surface area contributed by atoms with Crippen molar-refractivity contribution in [2.75, 3.05) is 7.11 Å². The first-order chi connectivity index (χ1) is 11.3. The van der Waals surface area contributed by atoms with Crippen LogP contribution in [0.2, 0.25) is 0 Å². The number of ether oxygens (including phenoxy) is 1. The van der Waals surface area contributed by atoms with E-state index in [1.54, 1.807) is 7.11 Å². The van der Waals surface area contributed by atoms with Crippen molar-refractivity contribution in [3.63, 3.8) is 0 Å². The minimum Gasteiger partial charge on any atom is -0.468 e. The number of aromatic nitrogens is 4. The molecule has 0 aliphatic heterocycles. The van der Waals surface area contributed by atoms with Crippen LogP contribution in [0.5, 0.6) is 6.01 Å². The highest BCUT2D eigenvalue weighted by Gasteiger charge is 2.17. The lowest BCUT2D eigenvalue weighted by atomic mass is 10.2. The summed E-state index contributed by atoms with van der Waals surface area (Å²) in [7, 11) is 1.62. The number of rotatable bonds is 3. The quantitative estimate of drug-likeness (QED) is 0.627. The highest BCUT2D eigenvalue weighted by Crippen LogP contribution is 2.27. The van der Waals surface area contributed by atoms with Crippen LogP contribution in [0.1, 0.15) is 5.56 Å². The maximum absolute atomic E-state index is 5.41. The molecular weight excluding hydrogens is 288 g/mol. The summed E-state index contributed by atoms with van der Waals surface area (Å²) in [6, 6.07) is 18.7. The van der Waals surface area contributed by atoms with Gasteiger partial charge >= 0.3 is 6.01 Å². The van der Waals surface area contributed by atoms with E-state index in [2.05, 4.69) is 29.0 Å². The van der Waals surface area contributed by atoms with Crippen molar-refractivity contribution in [2.45, 2.75) is 6.92 Å². The van der Waals surface area contributed by atoms with Gasteiger partial charge in [0, 0.05) is 5.56 Å². The van der Waals surface area contributed by atoms with Crippen LogP contribution < -0.4 is 4.74 Å². The molecule has 0 aliphatic rings. The predicted octanol–water partition coefficient (Wildman–Crippen LogP) is 3.73. The third kappa shape index (κ3) is 2.26. The number of fused-ring (bicyclic) bond motifs is 1. The Labute approximate surface area is 133 Å². The minimum atomic E-state index is 0.516. The van der Waals surface area contributed by atoms with Gasteiger partial charge in [-0.25, -0.2) is 9.55 Å². The molecule has 0 saturated carbocycles. The van der Waals surface area contributed by atoms with Gasteiger partial charge in [-0.15, -0.1) is 0 Å². The van der Waals surface area contributed by atoms with Crippen molar-refractivity contribution in [3.8, 4) is 23.1 Å². The molecule has 2 heterocycles. The Morgan fingerprint density at radius 1 is 0.957 bits per heavy atom. The van der Waals surface area contributed by atoms with E-state index in [1.807, 2.05) is 47.0 Å². The second kappa shape index (κ2) is 5.28. The molecule has 2 aromatic carbocycles. The SMILES string of the molecule is COc1nc2[nH]c(-c3ccccc3)nc2n1-c1ccc(C)cc1. The maximum Gasteiger partial charge on any atom is 0.304 e. The monoisotopic (exact) mass is 304 g/mol. The number of H-pyrrole nitrogens is 1. The van der Waals surface area contributed by atoms with Crippen molar-refractivity contribution in [3.05, 3.63) is 60.2 Å². The van der Waals surface area contributed by atoms with Crippen molar-refractivity contribution in [1.82, 2.24) is 19.5 Å². The smallest absolute Gasteiger partial charge is 0.304 e. The van der Waals surface area contributed by atoms with Gasteiger partial charge < -0.3 is 9.72 Å². The number of nitrogens with zero attached hydrogens (tertiary/aromatic N) is 3. The predicted molar refractivity (Wildman–Crippen MR) is 89.9 cm³/mol. The molecule has 0 fully saturated rings. The molecule has 4 aromatic rings. The summed E-state index contributed by atoms with van der Waals surface area (Å²) in [6.07, 6.45) is 0. The standard InChI is InChI=1S/C18H16N4O/c1-12-8-10-14(11-9-12)22-17-16(21-18(22)23-2)19-15(20-17)13-6-4-3-5-7-13/h3-11H,1-2H3,(H,19,20). The number of methoxy groups -OCH3 is 1. The molecule has 114 valence electrons. The Morgan fingerprint density at radius 2 is 1.70 bits per heavy atom. The molecule has 2 aromatic heterocycles. The summed E-state index contributed by atoms with van der Waals surface area (Å²) in [5.74, 6) is 0.798. The lowest BCUT2D eigenvalue weighted by molar-refractivity contribution is 0.375. The fourth-order valence-electron chi connectivity index (χ4n) is 2.62. The lowest BCUT2D eigenvalue weighted by Gasteiger charge is -2.06. The van der Waals surface area contributed by atoms with Crippen molar-refractivity contribution in [1.29, 1.82) is 0 Å². The van der Waals surface area contributed by atoms with Crippen LogP contribution in [0.3, 0.4) is 0 Å². The van der Waals surface area contributed by atoms with E-state index in [0.29, 0.717) is 11.7 Å². The van der Waals surface area contributed by atoms with Gasteiger partial charge in [0.15, 0.2) is 11.3 Å². The highest BCUT2D eigenvalue weighted by atomic mass is 16.5. The fourth-order valence-corrected chi connectivity index (χ4v) is 2.62. The summed E-state index contributed by atoms with van der Waals surface area (Å²) in [5.41, 5.74) is 4.67. The minimum absolute atomic E-state index is 0.516. The van der Waals surface area contributed by atoms with Gasteiger partial charge in [0.05, 0.1) is 12.8 Å². The third-order valence-corrected chi connectivity index (χ3v) is 3.80. The average molecular weight is 304 g/mol. The number of aryl methyl sites for hydroxylation is 1. The Morgan fingerprint density at radius 3 is 2.39 bits per heavy atom. The largest absolute Gasteiger partial charge is 0.468 e. The Bertz CT molecular complexity index is 952. The van der Waals surface area contributed by atoms with Crippen molar-refractivity contribution < 1.29 is 4.74 Å². The van der Waals surface area contributed by atoms with E-state index < -0.39 is 0 Å². The van der Waals surface area contributed by atoms with Crippen LogP contribution in [-0.2, 0) is 0 Å². The number of nitrogens with one attached hydrogen (secondary N) is 1. The zero-order valence-corrected chi connectivity index (χ0v) is 12.9. The Balaban J connectivity index is 1.91. The number of aromatic amines is 1. The molecule has 0 bridgehead atoms. The van der Waals surface area contributed by atoms with Crippen molar-refractivity contribution in [2.24, 2.45) is 0 Å². The molecule has 0 saturated heterocycles. The molecule has 1 N–H and O–H groups in total. The molecular formula is C18H16N4O. The van der Waals surface area contributed by atoms with Gasteiger partial charge in [0.25, 0.3) is 0 Å². The Kier molecular flexibility index (Phi) is 3.12. The zero-order valence-electron chi connectivity index (χ0n) is 12.9. The Hall–Kier alpha value is -3.08. The van der Waals surface area contributed by atoms with E-state index in [1.165, 1.54) is 5.56 Å². The molecule has 5 heteroatoms. The maximum atomic E-state index is 5.41. The van der Waals surface area contributed by atoms with Gasteiger partial charge in [-0.3, -0.25) is 0 Å². The molecule has 0 aliphatic carbocycles. The molecule has 23 heavy (non-hydrogen) atoms. The number of hydrogen-bond donors (Lipinski definition) is 1. The third-order valence-electron chi connectivity index (χ3n) is 3.80. The zero-order chi connectivity index (χ0) is 15.8. The van der Waals surface area contributed by atoms with E-state index in [4.69, 9.17) is 9.72 Å². The molecule has 0 radical (unpaired) electrons. The molecule has 4 rings (SSSR count). The van der Waals surface area contributed by atoms with E-state index in [-0.39, 0.29) is 0 Å². The van der Waals surface area contributed by atoms with Gasteiger partial charge in [-0.1, -0.05) is 48.0 Å². The topological polar surface area (TPSA) is 55.7 Å². The summed E-state index contributed by atoms with van der Waals surface area (Å²) in [5, 5.41) is 0. The molecule has 5 nitrogen and oxygen atoms in total. The van der Waals surface area contributed by atoms with E-state index >= 15 is 0 Å². The molecule has 0 amide bonds. The van der Waals surface area contributed by atoms with E-state index in [9.17, 15) is 0 Å². The summed E-state index contributed by atoms with van der Waals surface area (Å²) in [4.78, 5) is 12.5. The van der Waals surface area contributed by atoms with Gasteiger partial charge in [0.2, 0.25) is 0 Å². The van der Waals surface area contributed by atoms with Crippen LogP contribution in [0, 0.1) is 6.92 Å². The van der Waals surface area contributed by atoms with Crippen LogP contribution in [-0.4, -0.2) is 26.6 Å². The first-order valence-corrected chi connectivity index (χ1v) is 7.41. The summed E-state index contributed by atoms with van der Waals surface area (Å²) >= 11 is 0. The van der Waals surface area contributed by atoms with Crippen LogP contribution >= 0.6 is 0 Å².